The van der Waals surface area contributed by atoms with Crippen LogP contribution in [-0.4, -0.2) is 5.78 Å². The fraction of sp³-hybridized carbons (Fsp3) is 0. The molecule has 0 aliphatic heterocycles. The van der Waals surface area contributed by atoms with Gasteiger partial charge >= 0.3 is 0 Å². The quantitative estimate of drug-likeness (QED) is 0.669. The number of carbonyl (C=O) groups excluding carboxylic acids is 1. The van der Waals surface area contributed by atoms with Crippen molar-refractivity contribution < 1.29 is 13.6 Å². The van der Waals surface area contributed by atoms with Crippen molar-refractivity contribution in [2.75, 3.05) is 5.73 Å². The van der Waals surface area contributed by atoms with Crippen LogP contribution in [0.4, 0.5) is 14.5 Å². The Morgan fingerprint density at radius 3 is 2.44 bits per heavy atom. The highest BCUT2D eigenvalue weighted by atomic mass is 35.5. The van der Waals surface area contributed by atoms with E-state index in [0.29, 0.717) is 0 Å². The zero-order valence-corrected chi connectivity index (χ0v) is 9.84. The van der Waals surface area contributed by atoms with Crippen LogP contribution in [0.25, 0.3) is 0 Å². The molecule has 18 heavy (non-hydrogen) atoms. The summed E-state index contributed by atoms with van der Waals surface area (Å²) in [6.45, 7) is 0. The van der Waals surface area contributed by atoms with Crippen LogP contribution in [0.15, 0.2) is 36.4 Å². The molecule has 2 rings (SSSR count). The lowest BCUT2D eigenvalue weighted by atomic mass is 10.0. The molecule has 0 bridgehead atoms. The van der Waals surface area contributed by atoms with Crippen molar-refractivity contribution in [2.45, 2.75) is 0 Å². The van der Waals surface area contributed by atoms with Crippen molar-refractivity contribution in [1.29, 1.82) is 0 Å². The van der Waals surface area contributed by atoms with E-state index in [1.54, 1.807) is 0 Å². The van der Waals surface area contributed by atoms with Gasteiger partial charge in [0.05, 0.1) is 16.3 Å². The number of anilines is 1. The van der Waals surface area contributed by atoms with Crippen LogP contribution < -0.4 is 5.73 Å². The van der Waals surface area contributed by atoms with E-state index in [-0.39, 0.29) is 21.8 Å². The maximum absolute atomic E-state index is 13.5. The van der Waals surface area contributed by atoms with Gasteiger partial charge in [-0.1, -0.05) is 17.7 Å². The molecule has 0 spiro atoms. The molecule has 2 nitrogen and oxygen atoms in total. The van der Waals surface area contributed by atoms with Crippen LogP contribution in [0.1, 0.15) is 15.9 Å². The first-order chi connectivity index (χ1) is 8.50. The molecule has 0 amide bonds. The molecule has 0 atom stereocenters. The van der Waals surface area contributed by atoms with Gasteiger partial charge in [0.15, 0.2) is 5.78 Å². The van der Waals surface area contributed by atoms with Crippen LogP contribution in [0.3, 0.4) is 0 Å². The van der Waals surface area contributed by atoms with Crippen molar-refractivity contribution in [3.8, 4) is 0 Å². The largest absolute Gasteiger partial charge is 0.396 e. The van der Waals surface area contributed by atoms with E-state index in [0.717, 1.165) is 12.1 Å². The zero-order chi connectivity index (χ0) is 13.3. The molecule has 0 unspecified atom stereocenters. The maximum Gasteiger partial charge on any atom is 0.197 e. The van der Waals surface area contributed by atoms with E-state index >= 15 is 0 Å². The van der Waals surface area contributed by atoms with Crippen molar-refractivity contribution in [2.24, 2.45) is 0 Å². The Kier molecular flexibility index (Phi) is 3.30. The third kappa shape index (κ3) is 2.19. The van der Waals surface area contributed by atoms with Crippen LogP contribution >= 0.6 is 11.6 Å². The van der Waals surface area contributed by atoms with Crippen LogP contribution in [0.5, 0.6) is 0 Å². The summed E-state index contributed by atoms with van der Waals surface area (Å²) in [5, 5.41) is -0.0165. The Hall–Kier alpha value is -1.94. The van der Waals surface area contributed by atoms with Gasteiger partial charge in [0.25, 0.3) is 0 Å². The van der Waals surface area contributed by atoms with Crippen molar-refractivity contribution in [1.82, 2.24) is 0 Å². The molecule has 2 aromatic carbocycles. The SMILES string of the molecule is Nc1ccc(C(=O)c2c(F)cccc2Cl)cc1F. The second-order valence-electron chi connectivity index (χ2n) is 3.66. The number of hydrogen-bond acceptors (Lipinski definition) is 2. The second kappa shape index (κ2) is 4.74. The lowest BCUT2D eigenvalue weighted by molar-refractivity contribution is 0.103. The first-order valence-electron chi connectivity index (χ1n) is 5.04. The molecule has 0 saturated carbocycles. The molecule has 2 aromatic rings. The standard InChI is InChI=1S/C13H8ClF2NO/c14-8-2-1-3-9(15)12(8)13(18)7-4-5-11(17)10(16)6-7/h1-6H,17H2. The predicted octanol–water partition coefficient (Wildman–Crippen LogP) is 3.43. The Morgan fingerprint density at radius 2 is 1.83 bits per heavy atom. The van der Waals surface area contributed by atoms with Gasteiger partial charge < -0.3 is 5.73 Å². The Bertz CT molecular complexity index is 608. The summed E-state index contributed by atoms with van der Waals surface area (Å²) in [5.41, 5.74) is 4.94. The van der Waals surface area contributed by atoms with Crippen LogP contribution in [0, 0.1) is 11.6 Å². The molecule has 0 heterocycles. The normalized spacial score (nSPS) is 10.4. The van der Waals surface area contributed by atoms with Crippen molar-refractivity contribution in [3.63, 3.8) is 0 Å². The van der Waals surface area contributed by atoms with E-state index in [1.165, 1.54) is 24.3 Å². The van der Waals surface area contributed by atoms with Gasteiger partial charge in [-0.3, -0.25) is 4.79 Å². The molecule has 0 aromatic heterocycles. The third-order valence-corrected chi connectivity index (χ3v) is 2.77. The number of halogens is 3. The number of hydrogen-bond donors (Lipinski definition) is 1. The molecule has 0 aliphatic rings. The van der Waals surface area contributed by atoms with Gasteiger partial charge in [0.2, 0.25) is 0 Å². The number of benzene rings is 2. The minimum atomic E-state index is -0.746. The molecule has 0 aliphatic carbocycles. The van der Waals surface area contributed by atoms with Gasteiger partial charge in [-0.25, -0.2) is 8.78 Å². The van der Waals surface area contributed by atoms with Crippen molar-refractivity contribution in [3.05, 3.63) is 64.2 Å². The van der Waals surface area contributed by atoms with Gasteiger partial charge in [-0.2, -0.15) is 0 Å². The van der Waals surface area contributed by atoms with Gasteiger partial charge in [0.1, 0.15) is 11.6 Å². The molecular weight excluding hydrogens is 260 g/mol. The summed E-state index contributed by atoms with van der Waals surface area (Å²) in [6, 6.07) is 7.43. The average molecular weight is 268 g/mol. The Morgan fingerprint density at radius 1 is 1.11 bits per heavy atom. The monoisotopic (exact) mass is 267 g/mol. The summed E-state index contributed by atoms with van der Waals surface area (Å²) in [6.07, 6.45) is 0. The van der Waals surface area contributed by atoms with E-state index in [4.69, 9.17) is 17.3 Å². The minimum absolute atomic E-state index is 0.00583. The number of nitrogen functional groups attached to an aromatic ring is 1. The van der Waals surface area contributed by atoms with E-state index in [2.05, 4.69) is 0 Å². The van der Waals surface area contributed by atoms with E-state index < -0.39 is 17.4 Å². The maximum atomic E-state index is 13.5. The Labute approximate surface area is 107 Å². The highest BCUT2D eigenvalue weighted by molar-refractivity contribution is 6.35. The first kappa shape index (κ1) is 12.5. The molecule has 92 valence electrons. The number of ketones is 1. The number of rotatable bonds is 2. The predicted molar refractivity (Wildman–Crippen MR) is 65.7 cm³/mol. The van der Waals surface area contributed by atoms with E-state index in [9.17, 15) is 13.6 Å². The molecule has 0 fully saturated rings. The topological polar surface area (TPSA) is 43.1 Å². The highest BCUT2D eigenvalue weighted by Crippen LogP contribution is 2.23. The summed E-state index contributed by atoms with van der Waals surface area (Å²) in [4.78, 5) is 12.0. The smallest absolute Gasteiger partial charge is 0.197 e. The van der Waals surface area contributed by atoms with E-state index in [1.807, 2.05) is 0 Å². The number of nitrogens with two attached hydrogens (primary N) is 1. The fourth-order valence-corrected chi connectivity index (χ4v) is 1.78. The molecule has 2 N–H and O–H groups in total. The Balaban J connectivity index is 2.51. The van der Waals surface area contributed by atoms with Crippen molar-refractivity contribution >= 4 is 23.1 Å². The lowest BCUT2D eigenvalue weighted by Gasteiger charge is -2.06. The summed E-state index contributed by atoms with van der Waals surface area (Å²) in [5.74, 6) is -2.16. The highest BCUT2D eigenvalue weighted by Gasteiger charge is 2.18. The summed E-state index contributed by atoms with van der Waals surface area (Å²) in [7, 11) is 0. The molecule has 5 heteroatoms. The van der Waals surface area contributed by atoms with Crippen LogP contribution in [0.2, 0.25) is 5.02 Å². The summed E-state index contributed by atoms with van der Waals surface area (Å²) < 4.78 is 26.8. The van der Waals surface area contributed by atoms with Crippen LogP contribution in [-0.2, 0) is 0 Å². The first-order valence-corrected chi connectivity index (χ1v) is 5.42. The molecule has 0 saturated heterocycles. The fourth-order valence-electron chi connectivity index (χ4n) is 1.53. The molecular formula is C13H8ClF2NO. The number of carbonyl (C=O) groups is 1. The molecule has 0 radical (unpaired) electrons. The summed E-state index contributed by atoms with van der Waals surface area (Å²) >= 11 is 5.77. The minimum Gasteiger partial charge on any atom is -0.396 e. The van der Waals surface area contributed by atoms with Gasteiger partial charge in [-0.05, 0) is 30.3 Å². The lowest BCUT2D eigenvalue weighted by Crippen LogP contribution is -2.06. The van der Waals surface area contributed by atoms with Gasteiger partial charge in [0, 0.05) is 5.56 Å². The van der Waals surface area contributed by atoms with Gasteiger partial charge in [-0.15, -0.1) is 0 Å². The second-order valence-corrected chi connectivity index (χ2v) is 4.07. The third-order valence-electron chi connectivity index (χ3n) is 2.45. The zero-order valence-electron chi connectivity index (χ0n) is 9.08. The average Bonchev–Trinajstić information content (AvgIpc) is 2.32.